The Morgan fingerprint density at radius 1 is 1.22 bits per heavy atom. The van der Waals surface area contributed by atoms with Gasteiger partial charge in [-0.1, -0.05) is 37.6 Å². The van der Waals surface area contributed by atoms with E-state index in [0.717, 1.165) is 21.1 Å². The Labute approximate surface area is 115 Å². The van der Waals surface area contributed by atoms with Crippen molar-refractivity contribution < 1.29 is 0 Å². The zero-order chi connectivity index (χ0) is 13.0. The van der Waals surface area contributed by atoms with Crippen LogP contribution >= 0.6 is 22.9 Å². The molecule has 0 fully saturated rings. The summed E-state index contributed by atoms with van der Waals surface area (Å²) in [6.07, 6.45) is 0. The summed E-state index contributed by atoms with van der Waals surface area (Å²) in [5, 5.41) is 5.09. The van der Waals surface area contributed by atoms with Crippen LogP contribution in [0.1, 0.15) is 13.8 Å². The molecule has 1 aromatic carbocycles. The molecule has 3 rings (SSSR count). The van der Waals surface area contributed by atoms with Crippen LogP contribution in [0.4, 0.5) is 11.6 Å². The number of nitrogens with one attached hydrogen (secondary N) is 2. The molecule has 0 aliphatic rings. The van der Waals surface area contributed by atoms with Gasteiger partial charge in [0, 0.05) is 0 Å². The molecule has 2 aromatic heterocycles. The predicted octanol–water partition coefficient (Wildman–Crippen LogP) is 5.05. The summed E-state index contributed by atoms with van der Waals surface area (Å²) in [6.45, 7) is 4.00. The molecule has 0 unspecified atom stereocenters. The summed E-state index contributed by atoms with van der Waals surface area (Å²) in [7, 11) is 0. The summed E-state index contributed by atoms with van der Waals surface area (Å²) >= 11 is 7.49. The van der Waals surface area contributed by atoms with Gasteiger partial charge in [-0.3, -0.25) is 0 Å². The standard InChI is InChI=1S/C11H8ClN3S.C2H6/c12-10-9(5-6-16-10)15-11-13-7-3-1-2-4-8(7)14-11;1-2/h1-6H,(H2,13,14,15);1-2H3. The van der Waals surface area contributed by atoms with Crippen LogP contribution in [-0.4, -0.2) is 9.97 Å². The lowest BCUT2D eigenvalue weighted by Crippen LogP contribution is -1.90. The van der Waals surface area contributed by atoms with E-state index in [-0.39, 0.29) is 0 Å². The molecule has 0 aliphatic heterocycles. The number of H-pyrrole nitrogens is 1. The lowest BCUT2D eigenvalue weighted by Gasteiger charge is -1.98. The predicted molar refractivity (Wildman–Crippen MR) is 80.1 cm³/mol. The Morgan fingerprint density at radius 2 is 2.00 bits per heavy atom. The average Bonchev–Trinajstić information content (AvgIpc) is 2.99. The van der Waals surface area contributed by atoms with Crippen molar-refractivity contribution >= 4 is 45.6 Å². The number of anilines is 2. The highest BCUT2D eigenvalue weighted by atomic mass is 35.5. The van der Waals surface area contributed by atoms with E-state index >= 15 is 0 Å². The van der Waals surface area contributed by atoms with Crippen LogP contribution in [0, 0.1) is 0 Å². The van der Waals surface area contributed by atoms with Gasteiger partial charge in [-0.2, -0.15) is 0 Å². The third-order valence-electron chi connectivity index (χ3n) is 2.26. The summed E-state index contributed by atoms with van der Waals surface area (Å²) in [5.74, 6) is 0.710. The van der Waals surface area contributed by atoms with E-state index in [1.54, 1.807) is 0 Å². The molecular formula is C13H14ClN3S. The quantitative estimate of drug-likeness (QED) is 0.689. The lowest BCUT2D eigenvalue weighted by atomic mass is 10.3. The van der Waals surface area contributed by atoms with Crippen LogP contribution in [0.5, 0.6) is 0 Å². The highest BCUT2D eigenvalue weighted by molar-refractivity contribution is 7.15. The molecule has 0 spiro atoms. The van der Waals surface area contributed by atoms with E-state index in [4.69, 9.17) is 11.6 Å². The van der Waals surface area contributed by atoms with Crippen molar-refractivity contribution in [3.05, 3.63) is 40.0 Å². The van der Waals surface area contributed by atoms with E-state index < -0.39 is 0 Å². The fourth-order valence-electron chi connectivity index (χ4n) is 1.52. The number of para-hydroxylation sites is 2. The molecule has 0 atom stereocenters. The maximum Gasteiger partial charge on any atom is 0.205 e. The number of rotatable bonds is 2. The summed E-state index contributed by atoms with van der Waals surface area (Å²) < 4.78 is 0.737. The van der Waals surface area contributed by atoms with E-state index in [2.05, 4.69) is 15.3 Å². The van der Waals surface area contributed by atoms with E-state index in [1.165, 1.54) is 11.3 Å². The van der Waals surface area contributed by atoms with Gasteiger partial charge in [0.15, 0.2) is 0 Å². The van der Waals surface area contributed by atoms with E-state index in [0.29, 0.717) is 5.95 Å². The van der Waals surface area contributed by atoms with Crippen LogP contribution in [0.3, 0.4) is 0 Å². The molecular weight excluding hydrogens is 266 g/mol. The third kappa shape index (κ3) is 2.66. The second-order valence-electron chi connectivity index (χ2n) is 3.34. The molecule has 3 aromatic rings. The van der Waals surface area contributed by atoms with Crippen LogP contribution in [-0.2, 0) is 0 Å². The van der Waals surface area contributed by atoms with Crippen LogP contribution < -0.4 is 5.32 Å². The van der Waals surface area contributed by atoms with E-state index in [9.17, 15) is 0 Å². The molecule has 18 heavy (non-hydrogen) atoms. The first-order valence-electron chi connectivity index (χ1n) is 5.78. The average molecular weight is 280 g/mol. The first kappa shape index (κ1) is 12.9. The Balaban J connectivity index is 0.000000574. The molecule has 0 aliphatic carbocycles. The highest BCUT2D eigenvalue weighted by Crippen LogP contribution is 2.30. The molecule has 0 radical (unpaired) electrons. The number of nitrogens with zero attached hydrogens (tertiary/aromatic N) is 1. The van der Waals surface area contributed by atoms with Gasteiger partial charge in [0.2, 0.25) is 5.95 Å². The lowest BCUT2D eigenvalue weighted by molar-refractivity contribution is 1.32. The number of benzene rings is 1. The summed E-state index contributed by atoms with van der Waals surface area (Å²) in [6, 6.07) is 9.82. The fraction of sp³-hybridized carbons (Fsp3) is 0.154. The van der Waals surface area contributed by atoms with Crippen molar-refractivity contribution in [1.82, 2.24) is 9.97 Å². The number of halogens is 1. The first-order valence-corrected chi connectivity index (χ1v) is 7.03. The molecule has 0 saturated heterocycles. The largest absolute Gasteiger partial charge is 0.324 e. The van der Waals surface area contributed by atoms with Gasteiger partial charge in [0.25, 0.3) is 0 Å². The Bertz CT molecular complexity index is 597. The number of thiophene rings is 1. The van der Waals surface area contributed by atoms with Gasteiger partial charge in [-0.15, -0.1) is 11.3 Å². The van der Waals surface area contributed by atoms with Gasteiger partial charge in [0.05, 0.1) is 16.7 Å². The number of aromatic nitrogens is 2. The molecule has 2 N–H and O–H groups in total. The first-order chi connectivity index (χ1) is 8.83. The second-order valence-corrected chi connectivity index (χ2v) is 4.85. The van der Waals surface area contributed by atoms with Crippen molar-refractivity contribution in [2.75, 3.05) is 5.32 Å². The minimum absolute atomic E-state index is 0.710. The molecule has 0 bridgehead atoms. The smallest absolute Gasteiger partial charge is 0.205 e. The van der Waals surface area contributed by atoms with E-state index in [1.807, 2.05) is 49.6 Å². The van der Waals surface area contributed by atoms with Gasteiger partial charge >= 0.3 is 0 Å². The van der Waals surface area contributed by atoms with Crippen LogP contribution in [0.2, 0.25) is 4.34 Å². The summed E-state index contributed by atoms with van der Waals surface area (Å²) in [5.41, 5.74) is 2.83. The minimum Gasteiger partial charge on any atom is -0.324 e. The maximum atomic E-state index is 6.00. The zero-order valence-corrected chi connectivity index (χ0v) is 11.8. The molecule has 5 heteroatoms. The number of aromatic amines is 1. The zero-order valence-electron chi connectivity index (χ0n) is 10.2. The monoisotopic (exact) mass is 279 g/mol. The molecule has 0 amide bonds. The van der Waals surface area contributed by atoms with Gasteiger partial charge in [-0.05, 0) is 23.6 Å². The minimum atomic E-state index is 0.710. The highest BCUT2D eigenvalue weighted by Gasteiger charge is 2.05. The molecule has 2 heterocycles. The number of imidazole rings is 1. The maximum absolute atomic E-state index is 6.00. The van der Waals surface area contributed by atoms with Crippen LogP contribution in [0.15, 0.2) is 35.7 Å². The number of fused-ring (bicyclic) bond motifs is 1. The van der Waals surface area contributed by atoms with Gasteiger partial charge in [0.1, 0.15) is 4.34 Å². The normalized spacial score (nSPS) is 9.94. The van der Waals surface area contributed by atoms with Crippen molar-refractivity contribution in [2.24, 2.45) is 0 Å². The van der Waals surface area contributed by atoms with Crippen LogP contribution in [0.25, 0.3) is 11.0 Å². The topological polar surface area (TPSA) is 40.7 Å². The van der Waals surface area contributed by atoms with Crippen molar-refractivity contribution in [2.45, 2.75) is 13.8 Å². The molecule has 3 nitrogen and oxygen atoms in total. The van der Waals surface area contributed by atoms with Crippen molar-refractivity contribution in [3.8, 4) is 0 Å². The Morgan fingerprint density at radius 3 is 2.67 bits per heavy atom. The second kappa shape index (κ2) is 5.89. The third-order valence-corrected chi connectivity index (χ3v) is 3.43. The number of hydrogen-bond donors (Lipinski definition) is 2. The van der Waals surface area contributed by atoms with Crippen molar-refractivity contribution in [3.63, 3.8) is 0 Å². The summed E-state index contributed by atoms with van der Waals surface area (Å²) in [4.78, 5) is 7.59. The van der Waals surface area contributed by atoms with Crippen molar-refractivity contribution in [1.29, 1.82) is 0 Å². The molecule has 94 valence electrons. The SMILES string of the molecule is CC.Clc1sccc1Nc1nc2ccccc2[nH]1. The number of hydrogen-bond acceptors (Lipinski definition) is 3. The Hall–Kier alpha value is -1.52. The van der Waals surface area contributed by atoms with Gasteiger partial charge < -0.3 is 10.3 Å². The van der Waals surface area contributed by atoms with Gasteiger partial charge in [-0.25, -0.2) is 4.98 Å². The molecule has 0 saturated carbocycles. The Kier molecular flexibility index (Phi) is 4.23. The fourth-order valence-corrected chi connectivity index (χ4v) is 2.36.